The van der Waals surface area contributed by atoms with Gasteiger partial charge in [0.15, 0.2) is 0 Å². The molecule has 3 nitrogen and oxygen atoms in total. The molecule has 0 aliphatic heterocycles. The molecule has 0 unspecified atom stereocenters. The molecule has 0 bridgehead atoms. The third-order valence-corrected chi connectivity index (χ3v) is 3.38. The zero-order valence-electron chi connectivity index (χ0n) is 8.41. The minimum absolute atomic E-state index is 0.611. The quantitative estimate of drug-likeness (QED) is 0.875. The lowest BCUT2D eigenvalue weighted by Crippen LogP contribution is -1.98. The summed E-state index contributed by atoms with van der Waals surface area (Å²) in [5, 5.41) is 5.61. The summed E-state index contributed by atoms with van der Waals surface area (Å²) in [5.74, 6) is 0.611. The molecule has 0 fully saturated rings. The van der Waals surface area contributed by atoms with Gasteiger partial charge in [-0.15, -0.1) is 11.3 Å². The predicted molar refractivity (Wildman–Crippen MR) is 64.6 cm³/mol. The van der Waals surface area contributed by atoms with E-state index in [4.69, 9.17) is 11.6 Å². The van der Waals surface area contributed by atoms with Gasteiger partial charge in [0, 0.05) is 13.2 Å². The van der Waals surface area contributed by atoms with Gasteiger partial charge in [0.05, 0.1) is 15.6 Å². The Labute approximate surface area is 97.2 Å². The molecule has 5 heteroatoms. The fraction of sp³-hybridized carbons (Fsp3) is 0.200. The van der Waals surface area contributed by atoms with E-state index in [1.807, 2.05) is 18.4 Å². The highest BCUT2D eigenvalue weighted by molar-refractivity contribution is 7.14. The Bertz CT molecular complexity index is 481. The van der Waals surface area contributed by atoms with E-state index in [1.54, 1.807) is 24.6 Å². The molecule has 2 aromatic rings. The van der Waals surface area contributed by atoms with Crippen molar-refractivity contribution in [3.8, 4) is 10.6 Å². The topological polar surface area (TPSA) is 37.8 Å². The van der Waals surface area contributed by atoms with Crippen LogP contribution in [0.2, 0.25) is 5.02 Å². The molecule has 78 valence electrons. The lowest BCUT2D eigenvalue weighted by molar-refractivity contribution is 1.13. The molecule has 0 aliphatic carbocycles. The second-order valence-electron chi connectivity index (χ2n) is 3.07. The van der Waals surface area contributed by atoms with E-state index in [-0.39, 0.29) is 0 Å². The highest BCUT2D eigenvalue weighted by Gasteiger charge is 2.10. The van der Waals surface area contributed by atoms with Gasteiger partial charge in [-0.3, -0.25) is 0 Å². The van der Waals surface area contributed by atoms with Crippen LogP contribution in [0, 0.1) is 6.92 Å². The highest BCUT2D eigenvalue weighted by atomic mass is 35.5. The third kappa shape index (κ3) is 1.96. The first-order valence-electron chi connectivity index (χ1n) is 4.47. The van der Waals surface area contributed by atoms with Crippen molar-refractivity contribution in [1.29, 1.82) is 0 Å². The first kappa shape index (κ1) is 10.4. The van der Waals surface area contributed by atoms with Crippen molar-refractivity contribution in [3.63, 3.8) is 0 Å². The number of anilines is 1. The number of rotatable bonds is 2. The molecule has 2 aromatic heterocycles. The molecule has 0 radical (unpaired) electrons. The van der Waals surface area contributed by atoms with E-state index in [0.717, 1.165) is 21.2 Å². The Morgan fingerprint density at radius 3 is 2.87 bits per heavy atom. The second kappa shape index (κ2) is 4.16. The van der Waals surface area contributed by atoms with E-state index in [2.05, 4.69) is 15.3 Å². The summed E-state index contributed by atoms with van der Waals surface area (Å²) in [7, 11) is 1.80. The van der Waals surface area contributed by atoms with Crippen molar-refractivity contribution in [2.45, 2.75) is 6.92 Å². The van der Waals surface area contributed by atoms with Crippen LogP contribution >= 0.6 is 22.9 Å². The maximum Gasteiger partial charge on any atom is 0.222 e. The van der Waals surface area contributed by atoms with E-state index in [1.165, 1.54) is 0 Å². The minimum Gasteiger partial charge on any atom is -0.357 e. The normalized spacial score (nSPS) is 10.3. The first-order chi connectivity index (χ1) is 7.22. The van der Waals surface area contributed by atoms with Gasteiger partial charge in [-0.25, -0.2) is 9.97 Å². The maximum absolute atomic E-state index is 6.07. The highest BCUT2D eigenvalue weighted by Crippen LogP contribution is 2.33. The molecular weight excluding hydrogens is 230 g/mol. The number of hydrogen-bond acceptors (Lipinski definition) is 4. The number of thiophene rings is 1. The lowest BCUT2D eigenvalue weighted by Gasteiger charge is -2.05. The second-order valence-corrected chi connectivity index (χ2v) is 4.40. The largest absolute Gasteiger partial charge is 0.357 e. The Hall–Kier alpha value is -1.13. The van der Waals surface area contributed by atoms with Gasteiger partial charge in [-0.2, -0.15) is 0 Å². The number of nitrogens with one attached hydrogen (secondary N) is 1. The van der Waals surface area contributed by atoms with Crippen LogP contribution < -0.4 is 5.32 Å². The molecule has 0 aromatic carbocycles. The van der Waals surface area contributed by atoms with Crippen molar-refractivity contribution in [2.75, 3.05) is 12.4 Å². The molecule has 0 amide bonds. The summed E-state index contributed by atoms with van der Waals surface area (Å²) in [6.07, 6.45) is 1.80. The summed E-state index contributed by atoms with van der Waals surface area (Å²) < 4.78 is 0. The molecule has 0 saturated carbocycles. The van der Waals surface area contributed by atoms with E-state index in [9.17, 15) is 0 Å². The van der Waals surface area contributed by atoms with E-state index < -0.39 is 0 Å². The average Bonchev–Trinajstić information content (AvgIpc) is 2.65. The zero-order valence-corrected chi connectivity index (χ0v) is 9.99. The molecule has 0 aliphatic rings. The SMILES string of the molecule is CNc1ncc(C)c(-c2sccc2Cl)n1. The molecule has 15 heavy (non-hydrogen) atoms. The van der Waals surface area contributed by atoms with Gasteiger partial charge in [0.25, 0.3) is 0 Å². The van der Waals surface area contributed by atoms with Crippen molar-refractivity contribution in [2.24, 2.45) is 0 Å². The van der Waals surface area contributed by atoms with Crippen molar-refractivity contribution in [1.82, 2.24) is 9.97 Å². The average molecular weight is 240 g/mol. The van der Waals surface area contributed by atoms with Crippen molar-refractivity contribution in [3.05, 3.63) is 28.2 Å². The summed E-state index contributed by atoms with van der Waals surface area (Å²) in [6, 6.07) is 1.88. The fourth-order valence-corrected chi connectivity index (χ4v) is 2.45. The number of aromatic nitrogens is 2. The Morgan fingerprint density at radius 2 is 2.27 bits per heavy atom. The summed E-state index contributed by atoms with van der Waals surface area (Å²) in [6.45, 7) is 1.98. The van der Waals surface area contributed by atoms with E-state index in [0.29, 0.717) is 5.95 Å². The Balaban J connectivity index is 2.56. The molecule has 2 rings (SSSR count). The Kier molecular flexibility index (Phi) is 2.88. The summed E-state index contributed by atoms with van der Waals surface area (Å²) in [5.41, 5.74) is 1.92. The van der Waals surface area contributed by atoms with Crippen LogP contribution in [-0.4, -0.2) is 17.0 Å². The van der Waals surface area contributed by atoms with Gasteiger partial charge in [0.1, 0.15) is 0 Å². The number of hydrogen-bond donors (Lipinski definition) is 1. The molecule has 0 saturated heterocycles. The van der Waals surface area contributed by atoms with Crippen molar-refractivity contribution < 1.29 is 0 Å². The standard InChI is InChI=1S/C10H10ClN3S/c1-6-5-13-10(12-2)14-8(6)9-7(11)3-4-15-9/h3-5H,1-2H3,(H,12,13,14). The van der Waals surface area contributed by atoms with Crippen LogP contribution in [0.15, 0.2) is 17.6 Å². The van der Waals surface area contributed by atoms with Gasteiger partial charge >= 0.3 is 0 Å². The third-order valence-electron chi connectivity index (χ3n) is 2.03. The molecular formula is C10H10ClN3S. The predicted octanol–water partition coefficient (Wildman–Crippen LogP) is 3.21. The molecule has 1 N–H and O–H groups in total. The maximum atomic E-state index is 6.07. The Morgan fingerprint density at radius 1 is 1.47 bits per heavy atom. The van der Waals surface area contributed by atoms with Crippen LogP contribution in [0.1, 0.15) is 5.56 Å². The van der Waals surface area contributed by atoms with Crippen LogP contribution in [0.25, 0.3) is 10.6 Å². The van der Waals surface area contributed by atoms with Gasteiger partial charge in [0.2, 0.25) is 5.95 Å². The number of halogens is 1. The number of aryl methyl sites for hydroxylation is 1. The summed E-state index contributed by atoms with van der Waals surface area (Å²) >= 11 is 7.66. The molecule has 0 spiro atoms. The smallest absolute Gasteiger partial charge is 0.222 e. The van der Waals surface area contributed by atoms with Gasteiger partial charge < -0.3 is 5.32 Å². The van der Waals surface area contributed by atoms with Crippen LogP contribution in [-0.2, 0) is 0 Å². The van der Waals surface area contributed by atoms with E-state index >= 15 is 0 Å². The van der Waals surface area contributed by atoms with Crippen molar-refractivity contribution >= 4 is 28.9 Å². The number of nitrogens with zero attached hydrogens (tertiary/aromatic N) is 2. The fourth-order valence-electron chi connectivity index (χ4n) is 1.26. The zero-order chi connectivity index (χ0) is 10.8. The lowest BCUT2D eigenvalue weighted by atomic mass is 10.2. The summed E-state index contributed by atoms with van der Waals surface area (Å²) in [4.78, 5) is 9.53. The van der Waals surface area contributed by atoms with Crippen LogP contribution in [0.4, 0.5) is 5.95 Å². The van der Waals surface area contributed by atoms with Crippen LogP contribution in [0.5, 0.6) is 0 Å². The molecule has 0 atom stereocenters. The van der Waals surface area contributed by atoms with Gasteiger partial charge in [-0.05, 0) is 23.9 Å². The van der Waals surface area contributed by atoms with Crippen LogP contribution in [0.3, 0.4) is 0 Å². The van der Waals surface area contributed by atoms with Gasteiger partial charge in [-0.1, -0.05) is 11.6 Å². The first-order valence-corrected chi connectivity index (χ1v) is 5.73. The monoisotopic (exact) mass is 239 g/mol. The minimum atomic E-state index is 0.611. The molecule has 2 heterocycles.